The first-order valence-corrected chi connectivity index (χ1v) is 3.67. The van der Waals surface area contributed by atoms with Crippen LogP contribution in [-0.2, 0) is 9.53 Å². The maximum absolute atomic E-state index is 12.5. The second-order valence-corrected chi connectivity index (χ2v) is 3.24. The Kier molecular flexibility index (Phi) is 2.07. The minimum Gasteiger partial charge on any atom is -0.367 e. The molecule has 1 amide bonds. The van der Waals surface area contributed by atoms with E-state index in [1.165, 1.54) is 6.92 Å². The molecule has 2 N–H and O–H groups in total. The van der Waals surface area contributed by atoms with Crippen LogP contribution in [0, 0.1) is 0 Å². The number of hydrogen-bond donors (Lipinski definition) is 1. The standard InChI is InChI=1S/C7H11F2NO2/c1-6(5(10)11)2-3-7(8,9)4-12-6/h2-4H2,1H3,(H2,10,11). The fraction of sp³-hybridized carbons (Fsp3) is 0.857. The van der Waals surface area contributed by atoms with Gasteiger partial charge in [0.15, 0.2) is 0 Å². The van der Waals surface area contributed by atoms with Crippen LogP contribution in [0.1, 0.15) is 19.8 Å². The Bertz CT molecular complexity index is 196. The van der Waals surface area contributed by atoms with Gasteiger partial charge in [-0.1, -0.05) is 0 Å². The van der Waals surface area contributed by atoms with Gasteiger partial charge in [0.2, 0.25) is 5.91 Å². The fourth-order valence-corrected chi connectivity index (χ4v) is 1.02. The summed E-state index contributed by atoms with van der Waals surface area (Å²) in [5.41, 5.74) is 3.77. The number of primary amides is 1. The summed E-state index contributed by atoms with van der Waals surface area (Å²) in [4.78, 5) is 10.7. The zero-order valence-corrected chi connectivity index (χ0v) is 6.77. The van der Waals surface area contributed by atoms with Gasteiger partial charge in [-0.2, -0.15) is 0 Å². The van der Waals surface area contributed by atoms with E-state index in [-0.39, 0.29) is 12.8 Å². The molecule has 70 valence electrons. The first kappa shape index (κ1) is 9.38. The summed E-state index contributed by atoms with van der Waals surface area (Å²) in [6.45, 7) is 0.719. The summed E-state index contributed by atoms with van der Waals surface area (Å²) in [6.07, 6.45) is -0.359. The normalized spacial score (nSPS) is 34.6. The van der Waals surface area contributed by atoms with Crippen molar-refractivity contribution in [3.05, 3.63) is 0 Å². The van der Waals surface area contributed by atoms with Gasteiger partial charge in [0.05, 0.1) is 0 Å². The van der Waals surface area contributed by atoms with Crippen LogP contribution in [-0.4, -0.2) is 24.0 Å². The number of nitrogens with two attached hydrogens (primary N) is 1. The number of ether oxygens (including phenoxy) is 1. The molecular formula is C7H11F2NO2. The summed E-state index contributed by atoms with van der Waals surface area (Å²) in [6, 6.07) is 0. The first-order valence-electron chi connectivity index (χ1n) is 3.67. The second-order valence-electron chi connectivity index (χ2n) is 3.24. The lowest BCUT2D eigenvalue weighted by atomic mass is 9.94. The predicted octanol–water partition coefficient (Wildman–Crippen LogP) is 0.676. The van der Waals surface area contributed by atoms with E-state index in [0.717, 1.165) is 0 Å². The molecule has 0 aliphatic carbocycles. The molecule has 3 nitrogen and oxygen atoms in total. The molecule has 1 rings (SSSR count). The molecule has 1 unspecified atom stereocenters. The van der Waals surface area contributed by atoms with E-state index in [2.05, 4.69) is 0 Å². The van der Waals surface area contributed by atoms with Gasteiger partial charge >= 0.3 is 0 Å². The van der Waals surface area contributed by atoms with Crippen molar-refractivity contribution in [2.45, 2.75) is 31.3 Å². The largest absolute Gasteiger partial charge is 0.367 e. The van der Waals surface area contributed by atoms with Gasteiger partial charge in [-0.3, -0.25) is 4.79 Å². The number of halogens is 2. The van der Waals surface area contributed by atoms with Crippen molar-refractivity contribution in [3.63, 3.8) is 0 Å². The van der Waals surface area contributed by atoms with Crippen molar-refractivity contribution < 1.29 is 18.3 Å². The molecule has 0 radical (unpaired) electrons. The van der Waals surface area contributed by atoms with Crippen molar-refractivity contribution >= 4 is 5.91 Å². The Balaban J connectivity index is 2.62. The zero-order valence-electron chi connectivity index (χ0n) is 6.77. The summed E-state index contributed by atoms with van der Waals surface area (Å²) in [7, 11) is 0. The van der Waals surface area contributed by atoms with Crippen molar-refractivity contribution in [2.75, 3.05) is 6.61 Å². The molecular weight excluding hydrogens is 168 g/mol. The van der Waals surface area contributed by atoms with Crippen LogP contribution in [0.2, 0.25) is 0 Å². The maximum Gasteiger partial charge on any atom is 0.271 e. The van der Waals surface area contributed by atoms with Gasteiger partial charge in [0.25, 0.3) is 5.92 Å². The number of alkyl halides is 2. The molecule has 0 aromatic carbocycles. The third-order valence-electron chi connectivity index (χ3n) is 2.09. The number of carbonyl (C=O) groups excluding carboxylic acids is 1. The van der Waals surface area contributed by atoms with Crippen LogP contribution in [0.5, 0.6) is 0 Å². The van der Waals surface area contributed by atoms with Crippen LogP contribution in [0.4, 0.5) is 8.78 Å². The Morgan fingerprint density at radius 3 is 2.42 bits per heavy atom. The third kappa shape index (κ3) is 1.72. The molecule has 0 bridgehead atoms. The number of rotatable bonds is 1. The molecule has 12 heavy (non-hydrogen) atoms. The van der Waals surface area contributed by atoms with Gasteiger partial charge in [0.1, 0.15) is 12.2 Å². The van der Waals surface area contributed by atoms with E-state index in [0.29, 0.717) is 0 Å². The Hall–Kier alpha value is -0.710. The van der Waals surface area contributed by atoms with Gasteiger partial charge in [-0.25, -0.2) is 8.78 Å². The SMILES string of the molecule is CC1(C(N)=O)CCC(F)(F)CO1. The summed E-state index contributed by atoms with van der Waals surface area (Å²) in [5, 5.41) is 0. The molecule has 1 aliphatic heterocycles. The maximum atomic E-state index is 12.5. The molecule has 1 heterocycles. The first-order chi connectivity index (χ1) is 5.36. The average molecular weight is 179 g/mol. The van der Waals surface area contributed by atoms with Crippen molar-refractivity contribution in [1.82, 2.24) is 0 Å². The van der Waals surface area contributed by atoms with Gasteiger partial charge in [0, 0.05) is 6.42 Å². The molecule has 0 saturated carbocycles. The summed E-state index contributed by atoms with van der Waals surface area (Å²) >= 11 is 0. The van der Waals surface area contributed by atoms with E-state index in [4.69, 9.17) is 10.5 Å². The molecule has 5 heteroatoms. The second kappa shape index (κ2) is 2.65. The van der Waals surface area contributed by atoms with Crippen LogP contribution >= 0.6 is 0 Å². The summed E-state index contributed by atoms with van der Waals surface area (Å²) < 4.78 is 29.8. The van der Waals surface area contributed by atoms with Gasteiger partial charge in [-0.15, -0.1) is 0 Å². The Morgan fingerprint density at radius 2 is 2.08 bits per heavy atom. The Morgan fingerprint density at radius 1 is 1.50 bits per heavy atom. The zero-order chi connectivity index (χ0) is 9.41. The molecule has 0 spiro atoms. The van der Waals surface area contributed by atoms with E-state index in [9.17, 15) is 13.6 Å². The highest BCUT2D eigenvalue weighted by Crippen LogP contribution is 2.33. The quantitative estimate of drug-likeness (QED) is 0.643. The molecule has 1 aliphatic rings. The van der Waals surface area contributed by atoms with Crippen molar-refractivity contribution in [3.8, 4) is 0 Å². The highest BCUT2D eigenvalue weighted by molar-refractivity contribution is 5.83. The smallest absolute Gasteiger partial charge is 0.271 e. The predicted molar refractivity (Wildman–Crippen MR) is 37.7 cm³/mol. The Labute approximate surface area is 68.9 Å². The number of carbonyl (C=O) groups is 1. The molecule has 1 atom stereocenters. The molecule has 1 fully saturated rings. The number of amides is 1. The van der Waals surface area contributed by atoms with E-state index in [1.807, 2.05) is 0 Å². The lowest BCUT2D eigenvalue weighted by Gasteiger charge is -2.34. The average Bonchev–Trinajstić information content (AvgIpc) is 1.96. The lowest BCUT2D eigenvalue weighted by molar-refractivity contribution is -0.187. The van der Waals surface area contributed by atoms with Crippen molar-refractivity contribution in [1.29, 1.82) is 0 Å². The monoisotopic (exact) mass is 179 g/mol. The van der Waals surface area contributed by atoms with E-state index >= 15 is 0 Å². The number of hydrogen-bond acceptors (Lipinski definition) is 2. The van der Waals surface area contributed by atoms with E-state index in [1.54, 1.807) is 0 Å². The van der Waals surface area contributed by atoms with Gasteiger partial charge in [-0.05, 0) is 13.3 Å². The summed E-state index contributed by atoms with van der Waals surface area (Å²) in [5.74, 6) is -3.49. The fourth-order valence-electron chi connectivity index (χ4n) is 1.02. The highest BCUT2D eigenvalue weighted by Gasteiger charge is 2.44. The highest BCUT2D eigenvalue weighted by atomic mass is 19.3. The van der Waals surface area contributed by atoms with Crippen LogP contribution in [0.25, 0.3) is 0 Å². The van der Waals surface area contributed by atoms with Crippen molar-refractivity contribution in [2.24, 2.45) is 5.73 Å². The topological polar surface area (TPSA) is 52.3 Å². The van der Waals surface area contributed by atoms with Crippen LogP contribution in [0.15, 0.2) is 0 Å². The molecule has 1 saturated heterocycles. The minimum atomic E-state index is -2.81. The van der Waals surface area contributed by atoms with Crippen LogP contribution in [0.3, 0.4) is 0 Å². The lowest BCUT2D eigenvalue weighted by Crippen LogP contribution is -2.50. The third-order valence-corrected chi connectivity index (χ3v) is 2.09. The molecule has 0 aromatic heterocycles. The van der Waals surface area contributed by atoms with Crippen LogP contribution < -0.4 is 5.73 Å². The van der Waals surface area contributed by atoms with Gasteiger partial charge < -0.3 is 10.5 Å². The minimum absolute atomic E-state index is 0.0185. The van der Waals surface area contributed by atoms with E-state index < -0.39 is 24.0 Å². The molecule has 0 aromatic rings.